The van der Waals surface area contributed by atoms with Crippen LogP contribution in [0.3, 0.4) is 0 Å². The van der Waals surface area contributed by atoms with Crippen LogP contribution in [0.15, 0.2) is 60.7 Å². The molecule has 0 N–H and O–H groups in total. The van der Waals surface area contributed by atoms with Crippen molar-refractivity contribution in [1.29, 1.82) is 0 Å². The molecule has 2 unspecified atom stereocenters. The lowest BCUT2D eigenvalue weighted by Crippen LogP contribution is -2.55. The number of halogens is 1. The van der Waals surface area contributed by atoms with Gasteiger partial charge >= 0.3 is 0 Å². The number of hydrogen-bond acceptors (Lipinski definition) is 2. The first-order valence-electron chi connectivity index (χ1n) is 7.77. The fourth-order valence-electron chi connectivity index (χ4n) is 4.75. The minimum Gasteiger partial charge on any atom is -0.294 e. The van der Waals surface area contributed by atoms with Gasteiger partial charge in [0.05, 0.1) is 10.2 Å². The molecule has 6 rings (SSSR count). The van der Waals surface area contributed by atoms with E-state index in [1.165, 1.54) is 23.3 Å². The number of benzene rings is 2. The maximum absolute atomic E-state index is 12.7. The summed E-state index contributed by atoms with van der Waals surface area (Å²) in [5, 5.41) is 0. The van der Waals surface area contributed by atoms with E-state index >= 15 is 0 Å². The van der Waals surface area contributed by atoms with Crippen molar-refractivity contribution in [2.75, 3.05) is 0 Å². The summed E-state index contributed by atoms with van der Waals surface area (Å²) in [6, 6.07) is 16.4. The highest BCUT2D eigenvalue weighted by Crippen LogP contribution is 2.65. The van der Waals surface area contributed by atoms with Gasteiger partial charge < -0.3 is 0 Å². The first kappa shape index (κ1) is 13.4. The number of ketones is 2. The number of carbonyl (C=O) groups is 2. The topological polar surface area (TPSA) is 34.1 Å². The van der Waals surface area contributed by atoms with E-state index in [4.69, 9.17) is 0 Å². The second kappa shape index (κ2) is 4.30. The summed E-state index contributed by atoms with van der Waals surface area (Å²) in [4.78, 5) is 25.4. The van der Waals surface area contributed by atoms with Crippen LogP contribution in [-0.4, -0.2) is 11.6 Å². The van der Waals surface area contributed by atoms with Gasteiger partial charge in [0.15, 0.2) is 11.6 Å². The molecular formula is C20H13BrO2. The second-order valence-electron chi connectivity index (χ2n) is 6.51. The van der Waals surface area contributed by atoms with Crippen LogP contribution in [0.25, 0.3) is 0 Å². The standard InChI is InChI=1S/C20H13BrO2/c21-20-13-7-3-1-5-11(13)17(12-6-2-4-8-14(12)20)18-15(22)9-10-16(23)19(18)20/h1-10,17-19H. The summed E-state index contributed by atoms with van der Waals surface area (Å²) < 4.78 is -0.614. The van der Waals surface area contributed by atoms with Crippen LogP contribution in [0.4, 0.5) is 0 Å². The first-order chi connectivity index (χ1) is 11.1. The average Bonchev–Trinajstić information content (AvgIpc) is 2.58. The van der Waals surface area contributed by atoms with Crippen LogP contribution in [0.5, 0.6) is 0 Å². The maximum Gasteiger partial charge on any atom is 0.161 e. The molecule has 0 aromatic heterocycles. The van der Waals surface area contributed by atoms with Gasteiger partial charge in [-0.3, -0.25) is 9.59 Å². The van der Waals surface area contributed by atoms with Gasteiger partial charge in [-0.1, -0.05) is 64.5 Å². The van der Waals surface area contributed by atoms with Crippen LogP contribution in [-0.2, 0) is 13.9 Å². The summed E-state index contributed by atoms with van der Waals surface area (Å²) in [7, 11) is 0. The molecular weight excluding hydrogens is 352 g/mol. The van der Waals surface area contributed by atoms with Gasteiger partial charge in [0.1, 0.15) is 0 Å². The van der Waals surface area contributed by atoms with Gasteiger partial charge in [-0.25, -0.2) is 0 Å². The molecule has 0 aliphatic heterocycles. The Hall–Kier alpha value is -2.00. The molecule has 4 aliphatic rings. The van der Waals surface area contributed by atoms with Crippen LogP contribution in [0.1, 0.15) is 28.2 Å². The van der Waals surface area contributed by atoms with Gasteiger partial charge in [0.2, 0.25) is 0 Å². The Kier molecular flexibility index (Phi) is 2.51. The highest BCUT2D eigenvalue weighted by atomic mass is 79.9. The summed E-state index contributed by atoms with van der Waals surface area (Å²) >= 11 is 3.93. The van der Waals surface area contributed by atoms with Crippen LogP contribution < -0.4 is 0 Å². The predicted octanol–water partition coefficient (Wildman–Crippen LogP) is 3.72. The quantitative estimate of drug-likeness (QED) is 0.667. The lowest BCUT2D eigenvalue weighted by molar-refractivity contribution is -0.131. The van der Waals surface area contributed by atoms with Gasteiger partial charge in [0.25, 0.3) is 0 Å². The molecule has 2 aromatic carbocycles. The van der Waals surface area contributed by atoms with Crippen LogP contribution >= 0.6 is 15.9 Å². The van der Waals surface area contributed by atoms with Crippen molar-refractivity contribution >= 4 is 27.5 Å². The molecule has 2 aromatic rings. The van der Waals surface area contributed by atoms with E-state index in [9.17, 15) is 9.59 Å². The van der Waals surface area contributed by atoms with Crippen molar-refractivity contribution in [1.82, 2.24) is 0 Å². The molecule has 2 nitrogen and oxygen atoms in total. The number of allylic oxidation sites excluding steroid dienone is 2. The van der Waals surface area contributed by atoms with Crippen molar-refractivity contribution in [2.24, 2.45) is 11.8 Å². The molecule has 2 atom stereocenters. The Labute approximate surface area is 142 Å². The number of alkyl halides is 1. The normalized spacial score (nSPS) is 33.2. The fourth-order valence-corrected chi connectivity index (χ4v) is 5.99. The van der Waals surface area contributed by atoms with Crippen LogP contribution in [0, 0.1) is 11.8 Å². The molecule has 3 heteroatoms. The molecule has 0 heterocycles. The highest BCUT2D eigenvalue weighted by Gasteiger charge is 2.62. The Morgan fingerprint density at radius 3 is 1.91 bits per heavy atom. The van der Waals surface area contributed by atoms with E-state index < -0.39 is 4.32 Å². The number of rotatable bonds is 0. The summed E-state index contributed by atoms with van der Waals surface area (Å²) in [5.41, 5.74) is 4.59. The largest absolute Gasteiger partial charge is 0.294 e. The van der Waals surface area contributed by atoms with Crippen molar-refractivity contribution in [3.05, 3.63) is 82.9 Å². The zero-order valence-corrected chi connectivity index (χ0v) is 13.8. The monoisotopic (exact) mass is 364 g/mol. The van der Waals surface area contributed by atoms with Crippen molar-refractivity contribution in [3.8, 4) is 0 Å². The van der Waals surface area contributed by atoms with E-state index in [1.54, 1.807) is 0 Å². The van der Waals surface area contributed by atoms with E-state index in [0.717, 1.165) is 11.1 Å². The SMILES string of the molecule is O=C1C=CC(=O)C2C1C1c3ccccc3C2(Br)c2ccccc21. The molecule has 0 amide bonds. The molecule has 112 valence electrons. The third-order valence-corrected chi connectivity index (χ3v) is 6.92. The summed E-state index contributed by atoms with van der Waals surface area (Å²) in [5.74, 6) is -0.604. The zero-order chi connectivity index (χ0) is 15.8. The third kappa shape index (κ3) is 1.44. The van der Waals surface area contributed by atoms with E-state index in [0.29, 0.717) is 0 Å². The predicted molar refractivity (Wildman–Crippen MR) is 90.6 cm³/mol. The molecule has 0 saturated carbocycles. The molecule has 0 spiro atoms. The summed E-state index contributed by atoms with van der Waals surface area (Å²) in [6.45, 7) is 0. The van der Waals surface area contributed by atoms with E-state index in [1.807, 2.05) is 24.3 Å². The first-order valence-corrected chi connectivity index (χ1v) is 8.57. The highest BCUT2D eigenvalue weighted by molar-refractivity contribution is 9.09. The smallest absolute Gasteiger partial charge is 0.161 e. The number of hydrogen-bond donors (Lipinski definition) is 0. The van der Waals surface area contributed by atoms with Gasteiger partial charge in [-0.05, 0) is 34.4 Å². The Balaban J connectivity index is 1.93. The van der Waals surface area contributed by atoms with E-state index in [2.05, 4.69) is 40.2 Å². The Morgan fingerprint density at radius 2 is 1.30 bits per heavy atom. The molecule has 4 aliphatic carbocycles. The van der Waals surface area contributed by atoms with E-state index in [-0.39, 0.29) is 29.3 Å². The minimum atomic E-state index is -0.614. The Bertz CT molecular complexity index is 864. The van der Waals surface area contributed by atoms with Crippen LogP contribution in [0.2, 0.25) is 0 Å². The second-order valence-corrected chi connectivity index (χ2v) is 7.76. The zero-order valence-electron chi connectivity index (χ0n) is 12.2. The summed E-state index contributed by atoms with van der Waals surface area (Å²) in [6.07, 6.45) is 2.92. The van der Waals surface area contributed by atoms with Crippen molar-refractivity contribution in [3.63, 3.8) is 0 Å². The lowest BCUT2D eigenvalue weighted by Gasteiger charge is -2.54. The maximum atomic E-state index is 12.7. The Morgan fingerprint density at radius 1 is 0.783 bits per heavy atom. The molecule has 23 heavy (non-hydrogen) atoms. The van der Waals surface area contributed by atoms with Gasteiger partial charge in [0, 0.05) is 11.8 Å². The molecule has 0 saturated heterocycles. The molecule has 0 radical (unpaired) electrons. The average molecular weight is 365 g/mol. The lowest BCUT2D eigenvalue weighted by atomic mass is 9.51. The van der Waals surface area contributed by atoms with Crippen molar-refractivity contribution in [2.45, 2.75) is 10.2 Å². The third-order valence-electron chi connectivity index (χ3n) is 5.57. The number of carbonyl (C=O) groups excluding carboxylic acids is 2. The molecule has 2 bridgehead atoms. The van der Waals surface area contributed by atoms with Gasteiger partial charge in [-0.2, -0.15) is 0 Å². The fraction of sp³-hybridized carbons (Fsp3) is 0.200. The minimum absolute atomic E-state index is 0.0341. The van der Waals surface area contributed by atoms with Crippen molar-refractivity contribution < 1.29 is 9.59 Å². The molecule has 0 fully saturated rings. The van der Waals surface area contributed by atoms with Gasteiger partial charge in [-0.15, -0.1) is 0 Å².